The Bertz CT molecular complexity index is 170. The van der Waals surface area contributed by atoms with Crippen molar-refractivity contribution in [2.24, 2.45) is 0 Å². The van der Waals surface area contributed by atoms with E-state index in [1.807, 2.05) is 0 Å². The number of allylic oxidation sites excluding steroid dienone is 2. The average Bonchev–Trinajstić information content (AvgIpc) is 2.00. The monoisotopic (exact) mass is 165 g/mol. The summed E-state index contributed by atoms with van der Waals surface area (Å²) in [5, 5.41) is 0. The summed E-state index contributed by atoms with van der Waals surface area (Å²) >= 11 is 0. The minimum Gasteiger partial charge on any atom is -0.290 e. The number of hydrogen-bond acceptors (Lipinski definition) is 1. The zero-order chi connectivity index (χ0) is 8.69. The molecule has 0 aromatic rings. The van der Waals surface area contributed by atoms with Gasteiger partial charge >= 0.3 is 0 Å². The standard InChI is InChI=1S/C9H13OSi/c1-3-4-5-8(2)9(10)6-7-11/h6-7H,2-5H2,1H3/b7-6+. The van der Waals surface area contributed by atoms with Crippen LogP contribution in [0.2, 0.25) is 0 Å². The molecule has 2 heteroatoms. The number of unbranched alkanes of at least 4 members (excludes halogenated alkanes) is 1. The second kappa shape index (κ2) is 6.10. The van der Waals surface area contributed by atoms with Crippen LogP contribution in [0.1, 0.15) is 26.2 Å². The van der Waals surface area contributed by atoms with Gasteiger partial charge in [-0.1, -0.05) is 25.6 Å². The first-order valence-corrected chi connectivity index (χ1v) is 4.36. The van der Waals surface area contributed by atoms with Crippen LogP contribution in [0.3, 0.4) is 0 Å². The molecule has 0 unspecified atom stereocenters. The van der Waals surface area contributed by atoms with Crippen LogP contribution in [0.5, 0.6) is 0 Å². The van der Waals surface area contributed by atoms with Crippen LogP contribution in [0.4, 0.5) is 0 Å². The number of carbonyl (C=O) groups excluding carboxylic acids is 1. The molecule has 11 heavy (non-hydrogen) atoms. The molecule has 0 aromatic heterocycles. The summed E-state index contributed by atoms with van der Waals surface area (Å²) in [7, 11) is 3.09. The summed E-state index contributed by atoms with van der Waals surface area (Å²) in [6.07, 6.45) is 4.44. The normalized spacial score (nSPS) is 10.4. The molecule has 3 radical (unpaired) electrons. The predicted molar refractivity (Wildman–Crippen MR) is 48.6 cm³/mol. The molecule has 0 heterocycles. The van der Waals surface area contributed by atoms with Gasteiger partial charge in [0.05, 0.1) is 10.2 Å². The molecular weight excluding hydrogens is 152 g/mol. The van der Waals surface area contributed by atoms with E-state index in [-0.39, 0.29) is 5.78 Å². The van der Waals surface area contributed by atoms with Crippen molar-refractivity contribution in [3.05, 3.63) is 23.9 Å². The summed E-state index contributed by atoms with van der Waals surface area (Å²) in [6, 6.07) is 0. The van der Waals surface area contributed by atoms with Crippen LogP contribution in [-0.2, 0) is 4.79 Å². The molecule has 0 bridgehead atoms. The Kier molecular flexibility index (Phi) is 5.75. The first kappa shape index (κ1) is 10.4. The third-order valence-corrected chi connectivity index (χ3v) is 1.58. The molecule has 0 fully saturated rings. The Morgan fingerprint density at radius 3 is 2.73 bits per heavy atom. The molecule has 0 amide bonds. The topological polar surface area (TPSA) is 17.1 Å². The van der Waals surface area contributed by atoms with Gasteiger partial charge in [-0.25, -0.2) is 0 Å². The van der Waals surface area contributed by atoms with Crippen LogP contribution < -0.4 is 0 Å². The lowest BCUT2D eigenvalue weighted by Crippen LogP contribution is -1.96. The van der Waals surface area contributed by atoms with Gasteiger partial charge in [-0.15, -0.1) is 0 Å². The Morgan fingerprint density at radius 2 is 2.27 bits per heavy atom. The molecule has 0 spiro atoms. The van der Waals surface area contributed by atoms with Crippen molar-refractivity contribution in [1.82, 2.24) is 0 Å². The highest BCUT2D eigenvalue weighted by molar-refractivity contribution is 6.20. The fraction of sp³-hybridized carbons (Fsp3) is 0.444. The Hall–Kier alpha value is -0.633. The van der Waals surface area contributed by atoms with E-state index >= 15 is 0 Å². The van der Waals surface area contributed by atoms with E-state index in [2.05, 4.69) is 23.7 Å². The largest absolute Gasteiger partial charge is 0.290 e. The van der Waals surface area contributed by atoms with E-state index in [0.717, 1.165) is 19.3 Å². The second-order valence-electron chi connectivity index (χ2n) is 2.40. The highest BCUT2D eigenvalue weighted by Crippen LogP contribution is 2.05. The van der Waals surface area contributed by atoms with Gasteiger partial charge < -0.3 is 0 Å². The van der Waals surface area contributed by atoms with Crippen molar-refractivity contribution in [2.45, 2.75) is 26.2 Å². The van der Waals surface area contributed by atoms with Crippen molar-refractivity contribution in [3.8, 4) is 0 Å². The second-order valence-corrected chi connectivity index (χ2v) is 2.74. The number of ketones is 1. The predicted octanol–water partition coefficient (Wildman–Crippen LogP) is 1.98. The summed E-state index contributed by atoms with van der Waals surface area (Å²) in [5.74, 6) is 0.0217. The maximum absolute atomic E-state index is 11.0. The van der Waals surface area contributed by atoms with Crippen LogP contribution >= 0.6 is 0 Å². The molecule has 0 saturated carbocycles. The lowest BCUT2D eigenvalue weighted by Gasteiger charge is -1.97. The zero-order valence-corrected chi connectivity index (χ0v) is 7.89. The Morgan fingerprint density at radius 1 is 1.64 bits per heavy atom. The molecule has 0 aliphatic carbocycles. The van der Waals surface area contributed by atoms with Crippen LogP contribution in [0.15, 0.2) is 23.9 Å². The summed E-state index contributed by atoms with van der Waals surface area (Å²) in [4.78, 5) is 11.0. The van der Waals surface area contributed by atoms with Gasteiger partial charge in [0.2, 0.25) is 0 Å². The van der Waals surface area contributed by atoms with Crippen molar-refractivity contribution in [3.63, 3.8) is 0 Å². The van der Waals surface area contributed by atoms with E-state index in [4.69, 9.17) is 0 Å². The molecule has 1 nitrogen and oxygen atoms in total. The van der Waals surface area contributed by atoms with Gasteiger partial charge in [0.25, 0.3) is 0 Å². The lowest BCUT2D eigenvalue weighted by atomic mass is 10.1. The minimum absolute atomic E-state index is 0.0217. The molecule has 0 aromatic carbocycles. The van der Waals surface area contributed by atoms with Gasteiger partial charge in [-0.05, 0) is 24.5 Å². The van der Waals surface area contributed by atoms with Crippen LogP contribution in [0, 0.1) is 0 Å². The Labute approximate surface area is 71.6 Å². The fourth-order valence-electron chi connectivity index (χ4n) is 0.707. The van der Waals surface area contributed by atoms with E-state index in [9.17, 15) is 4.79 Å². The quantitative estimate of drug-likeness (QED) is 0.450. The third-order valence-electron chi connectivity index (χ3n) is 1.42. The van der Waals surface area contributed by atoms with Gasteiger partial charge in [-0.2, -0.15) is 0 Å². The molecule has 0 saturated heterocycles. The smallest absolute Gasteiger partial charge is 0.180 e. The van der Waals surface area contributed by atoms with Gasteiger partial charge in [0, 0.05) is 0 Å². The molecule has 0 atom stereocenters. The van der Waals surface area contributed by atoms with Crippen molar-refractivity contribution in [2.75, 3.05) is 0 Å². The van der Waals surface area contributed by atoms with E-state index < -0.39 is 0 Å². The number of hydrogen-bond donors (Lipinski definition) is 0. The minimum atomic E-state index is 0.0217. The van der Waals surface area contributed by atoms with E-state index in [1.165, 1.54) is 6.08 Å². The van der Waals surface area contributed by atoms with Crippen LogP contribution in [0.25, 0.3) is 0 Å². The SMILES string of the molecule is C=C(CCCC)C(=O)/C=C/[Si]. The molecule has 0 N–H and O–H groups in total. The maximum Gasteiger partial charge on any atom is 0.180 e. The summed E-state index contributed by atoms with van der Waals surface area (Å²) in [6.45, 7) is 5.78. The van der Waals surface area contributed by atoms with Gasteiger partial charge in [0.15, 0.2) is 5.78 Å². The lowest BCUT2D eigenvalue weighted by molar-refractivity contribution is -0.111. The Balaban J connectivity index is 3.74. The third kappa shape index (κ3) is 4.73. The molecule has 0 aliphatic rings. The molecule has 0 rings (SSSR count). The first-order chi connectivity index (χ1) is 5.22. The highest BCUT2D eigenvalue weighted by atomic mass is 28.1. The average molecular weight is 165 g/mol. The van der Waals surface area contributed by atoms with Gasteiger partial charge in [-0.3, -0.25) is 4.79 Å². The maximum atomic E-state index is 11.0. The zero-order valence-electron chi connectivity index (χ0n) is 6.89. The number of carbonyl (C=O) groups is 1. The molecular formula is C9H13OSi. The fourth-order valence-corrected chi connectivity index (χ4v) is 0.858. The molecule has 0 aliphatic heterocycles. The molecule has 59 valence electrons. The van der Waals surface area contributed by atoms with Crippen molar-refractivity contribution < 1.29 is 4.79 Å². The van der Waals surface area contributed by atoms with E-state index in [0.29, 0.717) is 5.57 Å². The number of rotatable bonds is 5. The van der Waals surface area contributed by atoms with Gasteiger partial charge in [0.1, 0.15) is 0 Å². The summed E-state index contributed by atoms with van der Waals surface area (Å²) in [5.41, 5.74) is 2.25. The first-order valence-electron chi connectivity index (χ1n) is 3.78. The van der Waals surface area contributed by atoms with E-state index in [1.54, 1.807) is 5.70 Å². The van der Waals surface area contributed by atoms with Crippen LogP contribution in [-0.4, -0.2) is 16.0 Å². The van der Waals surface area contributed by atoms with Crippen molar-refractivity contribution in [1.29, 1.82) is 0 Å². The summed E-state index contributed by atoms with van der Waals surface area (Å²) < 4.78 is 0. The highest BCUT2D eigenvalue weighted by Gasteiger charge is 2.00. The van der Waals surface area contributed by atoms with Crippen molar-refractivity contribution >= 4 is 16.0 Å².